The summed E-state index contributed by atoms with van der Waals surface area (Å²) < 4.78 is 0. The second-order valence-corrected chi connectivity index (χ2v) is 7.28. The minimum Gasteiger partial charge on any atom is -0.361 e. The zero-order valence-electron chi connectivity index (χ0n) is 16.7. The molecule has 1 saturated heterocycles. The zero-order chi connectivity index (χ0) is 20.1. The maximum atomic E-state index is 12.0. The smallest absolute Gasteiger partial charge is 0.268 e. The number of hydrogen-bond acceptors (Lipinski definition) is 6. The summed E-state index contributed by atoms with van der Waals surface area (Å²) in [6.45, 7) is 7.34. The van der Waals surface area contributed by atoms with Crippen molar-refractivity contribution in [2.75, 3.05) is 37.6 Å². The molecule has 0 unspecified atom stereocenters. The maximum absolute atomic E-state index is 12.0. The Balaban J connectivity index is 1.30. The summed E-state index contributed by atoms with van der Waals surface area (Å²) in [6, 6.07) is 8.41. The minimum atomic E-state index is -0.214. The Morgan fingerprint density at radius 2 is 1.90 bits per heavy atom. The minimum absolute atomic E-state index is 0.214. The first-order valence-electron chi connectivity index (χ1n) is 10.1. The standard InChI is InChI=1S/C21H27N7O/c1-2-7-25-26-20(29)16-12-23-21(24-13-16)28-10-8-27(9-11-28)15-17-14-22-19-6-4-3-5-18(17)19/h3-6,12-14,22,25H,2,7-11,15H2,1H3,(H,26,29). The van der Waals surface area contributed by atoms with Crippen LogP contribution < -0.4 is 15.8 Å². The number of amides is 1. The van der Waals surface area contributed by atoms with Gasteiger partial charge in [0.2, 0.25) is 5.95 Å². The first-order valence-corrected chi connectivity index (χ1v) is 10.1. The highest BCUT2D eigenvalue weighted by Crippen LogP contribution is 2.20. The number of benzene rings is 1. The normalized spacial score (nSPS) is 15.0. The van der Waals surface area contributed by atoms with Crippen LogP contribution in [0.15, 0.2) is 42.9 Å². The molecule has 0 aliphatic carbocycles. The number of anilines is 1. The van der Waals surface area contributed by atoms with E-state index in [1.807, 2.05) is 6.92 Å². The molecular formula is C21H27N7O. The first kappa shape index (κ1) is 19.4. The Bertz CT molecular complexity index is 945. The van der Waals surface area contributed by atoms with Crippen molar-refractivity contribution in [1.29, 1.82) is 0 Å². The molecule has 1 aliphatic heterocycles. The van der Waals surface area contributed by atoms with Crippen LogP contribution in [0.5, 0.6) is 0 Å². The highest BCUT2D eigenvalue weighted by Gasteiger charge is 2.20. The molecule has 3 N–H and O–H groups in total. The molecule has 1 aromatic carbocycles. The largest absolute Gasteiger partial charge is 0.361 e. The van der Waals surface area contributed by atoms with Crippen LogP contribution in [0.2, 0.25) is 0 Å². The van der Waals surface area contributed by atoms with Gasteiger partial charge in [-0.05, 0) is 18.1 Å². The van der Waals surface area contributed by atoms with E-state index in [0.29, 0.717) is 11.5 Å². The highest BCUT2D eigenvalue weighted by molar-refractivity contribution is 5.93. The number of carbonyl (C=O) groups is 1. The van der Waals surface area contributed by atoms with Gasteiger partial charge < -0.3 is 9.88 Å². The van der Waals surface area contributed by atoms with Gasteiger partial charge in [0.25, 0.3) is 5.91 Å². The number of hydrogen-bond donors (Lipinski definition) is 3. The molecule has 8 nitrogen and oxygen atoms in total. The van der Waals surface area contributed by atoms with Crippen molar-refractivity contribution in [3.8, 4) is 0 Å². The number of aromatic amines is 1. The van der Waals surface area contributed by atoms with Crippen LogP contribution in [-0.2, 0) is 6.54 Å². The molecule has 152 valence electrons. The number of piperazine rings is 1. The lowest BCUT2D eigenvalue weighted by Gasteiger charge is -2.34. The fraction of sp³-hybridized carbons (Fsp3) is 0.381. The summed E-state index contributed by atoms with van der Waals surface area (Å²) in [5, 5.41) is 1.29. The van der Waals surface area contributed by atoms with Crippen molar-refractivity contribution in [3.63, 3.8) is 0 Å². The summed E-state index contributed by atoms with van der Waals surface area (Å²) >= 11 is 0. The average Bonchev–Trinajstić information content (AvgIpc) is 3.17. The average molecular weight is 393 g/mol. The Hall–Kier alpha value is -2.97. The molecule has 2 aromatic heterocycles. The number of aromatic nitrogens is 3. The third-order valence-corrected chi connectivity index (χ3v) is 5.20. The van der Waals surface area contributed by atoms with Gasteiger partial charge >= 0.3 is 0 Å². The second kappa shape index (κ2) is 9.02. The van der Waals surface area contributed by atoms with Crippen molar-refractivity contribution >= 4 is 22.8 Å². The molecule has 3 heterocycles. The molecule has 1 fully saturated rings. The van der Waals surface area contributed by atoms with E-state index in [1.165, 1.54) is 16.5 Å². The lowest BCUT2D eigenvalue weighted by molar-refractivity contribution is 0.0932. The van der Waals surface area contributed by atoms with Gasteiger partial charge in [0.05, 0.1) is 5.56 Å². The van der Waals surface area contributed by atoms with E-state index in [1.54, 1.807) is 12.4 Å². The lowest BCUT2D eigenvalue weighted by Crippen LogP contribution is -2.46. The van der Waals surface area contributed by atoms with Gasteiger partial charge in [-0.15, -0.1) is 0 Å². The maximum Gasteiger partial charge on any atom is 0.268 e. The molecular weight excluding hydrogens is 366 g/mol. The summed E-state index contributed by atoms with van der Waals surface area (Å²) in [6.07, 6.45) is 6.23. The van der Waals surface area contributed by atoms with Crippen molar-refractivity contribution in [2.24, 2.45) is 0 Å². The summed E-state index contributed by atoms with van der Waals surface area (Å²) in [5.41, 5.74) is 8.49. The molecule has 29 heavy (non-hydrogen) atoms. The third kappa shape index (κ3) is 4.55. The fourth-order valence-corrected chi connectivity index (χ4v) is 3.55. The predicted octanol–water partition coefficient (Wildman–Crippen LogP) is 1.92. The van der Waals surface area contributed by atoms with Crippen LogP contribution >= 0.6 is 0 Å². The number of fused-ring (bicyclic) bond motifs is 1. The van der Waals surface area contributed by atoms with Gasteiger partial charge in [0, 0.05) is 68.8 Å². The molecule has 0 atom stereocenters. The van der Waals surface area contributed by atoms with Crippen molar-refractivity contribution in [2.45, 2.75) is 19.9 Å². The number of nitrogens with zero attached hydrogens (tertiary/aromatic N) is 4. The molecule has 0 radical (unpaired) electrons. The van der Waals surface area contributed by atoms with E-state index in [9.17, 15) is 4.79 Å². The molecule has 0 saturated carbocycles. The number of hydrazine groups is 1. The van der Waals surface area contributed by atoms with Crippen LogP contribution in [0.1, 0.15) is 29.3 Å². The fourth-order valence-electron chi connectivity index (χ4n) is 3.55. The zero-order valence-corrected chi connectivity index (χ0v) is 16.7. The Kier molecular flexibility index (Phi) is 6.02. The van der Waals surface area contributed by atoms with Gasteiger partial charge in [-0.1, -0.05) is 25.1 Å². The van der Waals surface area contributed by atoms with Crippen molar-refractivity contribution < 1.29 is 4.79 Å². The van der Waals surface area contributed by atoms with Crippen LogP contribution in [-0.4, -0.2) is 58.5 Å². The van der Waals surface area contributed by atoms with E-state index in [-0.39, 0.29) is 5.91 Å². The molecule has 0 bridgehead atoms. The van der Waals surface area contributed by atoms with Crippen molar-refractivity contribution in [3.05, 3.63) is 54.0 Å². The van der Waals surface area contributed by atoms with Gasteiger partial charge in [0.1, 0.15) is 0 Å². The molecule has 4 rings (SSSR count). The molecule has 1 amide bonds. The van der Waals surface area contributed by atoms with Gasteiger partial charge in [0.15, 0.2) is 0 Å². The second-order valence-electron chi connectivity index (χ2n) is 7.28. The van der Waals surface area contributed by atoms with Crippen LogP contribution in [0.3, 0.4) is 0 Å². The highest BCUT2D eigenvalue weighted by atomic mass is 16.2. The number of para-hydroxylation sites is 1. The molecule has 0 spiro atoms. The number of rotatable bonds is 7. The van der Waals surface area contributed by atoms with Crippen LogP contribution in [0, 0.1) is 0 Å². The molecule has 8 heteroatoms. The summed E-state index contributed by atoms with van der Waals surface area (Å²) in [7, 11) is 0. The lowest BCUT2D eigenvalue weighted by atomic mass is 10.1. The Morgan fingerprint density at radius 1 is 1.14 bits per heavy atom. The van der Waals surface area contributed by atoms with Crippen molar-refractivity contribution in [1.82, 2.24) is 30.7 Å². The van der Waals surface area contributed by atoms with E-state index in [4.69, 9.17) is 0 Å². The topological polar surface area (TPSA) is 89.2 Å². The van der Waals surface area contributed by atoms with Crippen LogP contribution in [0.4, 0.5) is 5.95 Å². The van der Waals surface area contributed by atoms with Gasteiger partial charge in [-0.3, -0.25) is 15.1 Å². The van der Waals surface area contributed by atoms with E-state index >= 15 is 0 Å². The van der Waals surface area contributed by atoms with Gasteiger partial charge in [-0.2, -0.15) is 0 Å². The molecule has 1 aliphatic rings. The molecule has 3 aromatic rings. The number of carbonyl (C=O) groups excluding carboxylic acids is 1. The first-order chi connectivity index (χ1) is 14.2. The van der Waals surface area contributed by atoms with E-state index < -0.39 is 0 Å². The quantitative estimate of drug-likeness (QED) is 0.420. The summed E-state index contributed by atoms with van der Waals surface area (Å²) in [5.74, 6) is 0.461. The van der Waals surface area contributed by atoms with Crippen LogP contribution in [0.25, 0.3) is 10.9 Å². The third-order valence-electron chi connectivity index (χ3n) is 5.20. The number of nitrogens with one attached hydrogen (secondary N) is 3. The number of H-pyrrole nitrogens is 1. The Labute approximate surface area is 170 Å². The van der Waals surface area contributed by atoms with E-state index in [2.05, 4.69) is 66.1 Å². The SMILES string of the molecule is CCCNNC(=O)c1cnc(N2CCN(Cc3c[nH]c4ccccc34)CC2)nc1. The van der Waals surface area contributed by atoms with Gasteiger partial charge in [-0.25, -0.2) is 15.4 Å². The Morgan fingerprint density at radius 3 is 2.66 bits per heavy atom. The monoisotopic (exact) mass is 393 g/mol. The predicted molar refractivity (Wildman–Crippen MR) is 114 cm³/mol. The van der Waals surface area contributed by atoms with E-state index in [0.717, 1.165) is 45.7 Å². The summed E-state index contributed by atoms with van der Waals surface area (Å²) in [4.78, 5) is 28.8.